The molecule has 38 heavy (non-hydrogen) atoms. The van der Waals surface area contributed by atoms with Crippen LogP contribution in [0.2, 0.25) is 0 Å². The van der Waals surface area contributed by atoms with Crippen LogP contribution in [0, 0.1) is 0 Å². The van der Waals surface area contributed by atoms with Crippen LogP contribution in [-0.2, 0) is 22.7 Å². The molecule has 0 aliphatic carbocycles. The average Bonchev–Trinajstić information content (AvgIpc) is 3.61. The van der Waals surface area contributed by atoms with Gasteiger partial charge in [-0.25, -0.2) is 9.13 Å². The zero-order valence-corrected chi connectivity index (χ0v) is 21.8. The van der Waals surface area contributed by atoms with Gasteiger partial charge in [-0.1, -0.05) is 0 Å². The summed E-state index contributed by atoms with van der Waals surface area (Å²) >= 11 is 0. The van der Waals surface area contributed by atoms with E-state index in [0.29, 0.717) is 37.1 Å². The highest BCUT2D eigenvalue weighted by molar-refractivity contribution is 5.98. The molecule has 0 radical (unpaired) electrons. The Hall–Kier alpha value is -3.82. The molecule has 4 N–H and O–H groups in total. The Kier molecular flexibility index (Phi) is 9.04. The maximum atomic E-state index is 12.9. The third-order valence-electron chi connectivity index (χ3n) is 7.48. The number of carbonyl (C=O) groups excluding carboxylic acids is 4. The fraction of sp³-hybridized carbons (Fsp3) is 0.500. The molecule has 0 spiro atoms. The summed E-state index contributed by atoms with van der Waals surface area (Å²) in [7, 11) is 0. The number of nitrogens with two attached hydrogens (primary N) is 2. The number of hydrogen-bond acceptors (Lipinski definition) is 4. The first-order chi connectivity index (χ1) is 18.3. The fourth-order valence-electron chi connectivity index (χ4n) is 5.46. The lowest BCUT2D eigenvalue weighted by Crippen LogP contribution is -2.44. The Balaban J connectivity index is 1.21. The van der Waals surface area contributed by atoms with Crippen molar-refractivity contribution in [2.45, 2.75) is 76.5 Å². The summed E-state index contributed by atoms with van der Waals surface area (Å²) in [5, 5.41) is 0. The maximum absolute atomic E-state index is 12.9. The van der Waals surface area contributed by atoms with Gasteiger partial charge in [0.1, 0.15) is 36.3 Å². The third kappa shape index (κ3) is 6.54. The van der Waals surface area contributed by atoms with E-state index in [4.69, 9.17) is 11.5 Å². The SMILES string of the molecule is NC(=O)C1CCCN1C(=O)c1ccc[n+](CCCCCC[n+]2cccc(C(=O)N3CCCC3C(N)=O)c2)c1. The number of pyridine rings is 2. The highest BCUT2D eigenvalue weighted by Gasteiger charge is 2.35. The number of aromatic nitrogens is 2. The summed E-state index contributed by atoms with van der Waals surface area (Å²) in [6, 6.07) is 6.26. The van der Waals surface area contributed by atoms with E-state index in [-0.39, 0.29) is 11.8 Å². The molecule has 2 aliphatic heterocycles. The third-order valence-corrected chi connectivity index (χ3v) is 7.48. The normalized spacial score (nSPS) is 19.1. The summed E-state index contributed by atoms with van der Waals surface area (Å²) in [6.07, 6.45) is 14.5. The van der Waals surface area contributed by atoms with E-state index in [2.05, 4.69) is 0 Å². The van der Waals surface area contributed by atoms with Crippen molar-refractivity contribution in [2.75, 3.05) is 13.1 Å². The standard InChI is InChI=1S/C28H36N6O4/c29-25(35)23-11-7-17-33(23)27(37)21-9-5-15-31(19-21)13-3-1-2-4-14-32-16-6-10-22(20-32)28(38)34-18-8-12-24(34)26(30)36/h5-6,9-10,15-16,19-20,23-24H,1-4,7-8,11-14,17-18H2,(H2-2,29,30,35,36)/p+2. The molecule has 0 saturated carbocycles. The van der Waals surface area contributed by atoms with Crippen LogP contribution in [0.15, 0.2) is 49.1 Å². The molecule has 2 atom stereocenters. The van der Waals surface area contributed by atoms with Crippen LogP contribution < -0.4 is 20.6 Å². The van der Waals surface area contributed by atoms with Crippen molar-refractivity contribution < 1.29 is 28.3 Å². The number of amides is 4. The van der Waals surface area contributed by atoms with Gasteiger partial charge in [-0.2, -0.15) is 0 Å². The molecule has 10 nitrogen and oxygen atoms in total. The van der Waals surface area contributed by atoms with Crippen molar-refractivity contribution in [3.05, 3.63) is 60.2 Å². The van der Waals surface area contributed by atoms with E-state index >= 15 is 0 Å². The Morgan fingerprint density at radius 2 is 1.13 bits per heavy atom. The summed E-state index contributed by atoms with van der Waals surface area (Å²) in [5.41, 5.74) is 12.1. The second-order valence-electron chi connectivity index (χ2n) is 10.2. The van der Waals surface area contributed by atoms with Gasteiger partial charge in [0.05, 0.1) is 0 Å². The Labute approximate surface area is 223 Å². The van der Waals surface area contributed by atoms with Gasteiger partial charge in [0.25, 0.3) is 11.8 Å². The van der Waals surface area contributed by atoms with Gasteiger partial charge in [0.15, 0.2) is 24.8 Å². The van der Waals surface area contributed by atoms with E-state index in [1.165, 1.54) is 0 Å². The van der Waals surface area contributed by atoms with Crippen LogP contribution in [-0.4, -0.2) is 58.6 Å². The van der Waals surface area contributed by atoms with Crippen molar-refractivity contribution in [1.29, 1.82) is 0 Å². The molecule has 4 heterocycles. The van der Waals surface area contributed by atoms with E-state index in [1.807, 2.05) is 46.1 Å². The lowest BCUT2D eigenvalue weighted by atomic mass is 10.1. The van der Waals surface area contributed by atoms with Crippen LogP contribution in [0.4, 0.5) is 0 Å². The zero-order chi connectivity index (χ0) is 27.1. The number of likely N-dealkylation sites (tertiary alicyclic amines) is 2. The first kappa shape index (κ1) is 27.2. The quantitative estimate of drug-likeness (QED) is 0.332. The summed E-state index contributed by atoms with van der Waals surface area (Å²) < 4.78 is 4.04. The fourth-order valence-corrected chi connectivity index (χ4v) is 5.46. The number of primary amides is 2. The largest absolute Gasteiger partial charge is 0.368 e. The highest BCUT2D eigenvalue weighted by Crippen LogP contribution is 2.20. The first-order valence-corrected chi connectivity index (χ1v) is 13.5. The molecular weight excluding hydrogens is 484 g/mol. The highest BCUT2D eigenvalue weighted by atomic mass is 16.2. The van der Waals surface area contributed by atoms with Gasteiger partial charge >= 0.3 is 0 Å². The predicted molar refractivity (Wildman–Crippen MR) is 138 cm³/mol. The van der Waals surface area contributed by atoms with Crippen molar-refractivity contribution in [2.24, 2.45) is 11.5 Å². The molecule has 0 aromatic carbocycles. The number of nitrogens with zero attached hydrogens (tertiary/aromatic N) is 4. The monoisotopic (exact) mass is 522 g/mol. The van der Waals surface area contributed by atoms with Crippen LogP contribution in [0.5, 0.6) is 0 Å². The summed E-state index contributed by atoms with van der Waals surface area (Å²) in [4.78, 5) is 52.3. The van der Waals surface area contributed by atoms with Crippen molar-refractivity contribution in [3.8, 4) is 0 Å². The van der Waals surface area contributed by atoms with Gasteiger partial charge < -0.3 is 21.3 Å². The molecule has 2 unspecified atom stereocenters. The molecule has 2 aromatic rings. The lowest BCUT2D eigenvalue weighted by Gasteiger charge is -2.21. The molecular formula is C28H38N6O4+2. The Morgan fingerprint density at radius 3 is 1.53 bits per heavy atom. The molecule has 2 fully saturated rings. The van der Waals surface area contributed by atoms with E-state index in [1.54, 1.807) is 21.9 Å². The number of aryl methyl sites for hydroxylation is 2. The second-order valence-corrected chi connectivity index (χ2v) is 10.2. The van der Waals surface area contributed by atoms with Crippen molar-refractivity contribution >= 4 is 23.6 Å². The topological polar surface area (TPSA) is 135 Å². The van der Waals surface area contributed by atoms with Crippen LogP contribution in [0.25, 0.3) is 0 Å². The maximum Gasteiger partial charge on any atom is 0.260 e. The minimum atomic E-state index is -0.514. The molecule has 202 valence electrons. The number of hydrogen-bond donors (Lipinski definition) is 2. The Bertz CT molecular complexity index is 1090. The Morgan fingerprint density at radius 1 is 0.711 bits per heavy atom. The second kappa shape index (κ2) is 12.6. The van der Waals surface area contributed by atoms with Gasteiger partial charge in [0.2, 0.25) is 11.8 Å². The van der Waals surface area contributed by atoms with Crippen molar-refractivity contribution in [3.63, 3.8) is 0 Å². The molecule has 2 saturated heterocycles. The van der Waals surface area contributed by atoms with Crippen LogP contribution >= 0.6 is 0 Å². The minimum absolute atomic E-state index is 0.145. The average molecular weight is 523 g/mol. The summed E-state index contributed by atoms with van der Waals surface area (Å²) in [5.74, 6) is -1.18. The predicted octanol–water partition coefficient (Wildman–Crippen LogP) is 0.702. The number of carbonyl (C=O) groups is 4. The molecule has 4 amide bonds. The first-order valence-electron chi connectivity index (χ1n) is 13.5. The van der Waals surface area contributed by atoms with E-state index < -0.39 is 23.9 Å². The van der Waals surface area contributed by atoms with E-state index in [9.17, 15) is 19.2 Å². The molecule has 0 bridgehead atoms. The number of unbranched alkanes of at least 4 members (excludes halogenated alkanes) is 3. The van der Waals surface area contributed by atoms with Gasteiger partial charge in [-0.15, -0.1) is 0 Å². The zero-order valence-electron chi connectivity index (χ0n) is 21.8. The molecule has 2 aromatic heterocycles. The van der Waals surface area contributed by atoms with Crippen LogP contribution in [0.1, 0.15) is 72.1 Å². The minimum Gasteiger partial charge on any atom is -0.368 e. The van der Waals surface area contributed by atoms with Gasteiger partial charge in [0, 0.05) is 38.1 Å². The smallest absolute Gasteiger partial charge is 0.260 e. The van der Waals surface area contributed by atoms with E-state index in [0.717, 1.165) is 51.6 Å². The molecule has 4 rings (SSSR count). The lowest BCUT2D eigenvalue weighted by molar-refractivity contribution is -0.699. The molecule has 2 aliphatic rings. The summed E-state index contributed by atoms with van der Waals surface area (Å²) in [6.45, 7) is 2.72. The van der Waals surface area contributed by atoms with Gasteiger partial charge in [-0.3, -0.25) is 19.2 Å². The van der Waals surface area contributed by atoms with Crippen LogP contribution in [0.3, 0.4) is 0 Å². The van der Waals surface area contributed by atoms with Crippen molar-refractivity contribution in [1.82, 2.24) is 9.80 Å². The molecule has 10 heteroatoms. The number of rotatable bonds is 11. The van der Waals surface area contributed by atoms with Gasteiger partial charge in [-0.05, 0) is 50.7 Å².